The molecule has 2 aromatic rings. The van der Waals surface area contributed by atoms with Crippen molar-refractivity contribution in [3.05, 3.63) is 47.5 Å². The van der Waals surface area contributed by atoms with Gasteiger partial charge in [-0.1, -0.05) is 6.07 Å². The van der Waals surface area contributed by atoms with Crippen LogP contribution in [0, 0.1) is 0 Å². The SMILES string of the molecule is COc1cc(/C=C/C(=O)N2CCN(Cc3ccc4c(c3)OCCO4)CC2)cc(OC)c1OC. The van der Waals surface area contributed by atoms with Crippen molar-refractivity contribution in [3.63, 3.8) is 0 Å². The number of methoxy groups -OCH3 is 3. The van der Waals surface area contributed by atoms with Crippen LogP contribution in [0.1, 0.15) is 11.1 Å². The molecule has 0 unspecified atom stereocenters. The number of hydrogen-bond acceptors (Lipinski definition) is 7. The number of amides is 1. The van der Waals surface area contributed by atoms with Crippen molar-refractivity contribution in [2.75, 3.05) is 60.7 Å². The fourth-order valence-electron chi connectivity index (χ4n) is 4.04. The summed E-state index contributed by atoms with van der Waals surface area (Å²) in [4.78, 5) is 16.9. The molecule has 2 heterocycles. The lowest BCUT2D eigenvalue weighted by atomic mass is 10.1. The van der Waals surface area contributed by atoms with Gasteiger partial charge in [-0.2, -0.15) is 0 Å². The summed E-state index contributed by atoms with van der Waals surface area (Å²) in [6.07, 6.45) is 3.37. The molecule has 0 saturated carbocycles. The summed E-state index contributed by atoms with van der Waals surface area (Å²) in [6.45, 7) is 5.00. The molecule has 33 heavy (non-hydrogen) atoms. The molecule has 1 saturated heterocycles. The summed E-state index contributed by atoms with van der Waals surface area (Å²) in [7, 11) is 4.70. The molecule has 2 aromatic carbocycles. The molecule has 0 atom stereocenters. The van der Waals surface area contributed by atoms with Gasteiger partial charge in [0.15, 0.2) is 23.0 Å². The number of rotatable bonds is 7. The largest absolute Gasteiger partial charge is 0.493 e. The Morgan fingerprint density at radius 1 is 0.909 bits per heavy atom. The van der Waals surface area contributed by atoms with Gasteiger partial charge in [0.05, 0.1) is 21.3 Å². The Bertz CT molecular complexity index is 989. The molecule has 2 aliphatic heterocycles. The van der Waals surface area contributed by atoms with Gasteiger partial charge in [-0.25, -0.2) is 0 Å². The second-order valence-corrected chi connectivity index (χ2v) is 7.87. The fraction of sp³-hybridized carbons (Fsp3) is 0.400. The van der Waals surface area contributed by atoms with E-state index in [1.54, 1.807) is 33.5 Å². The van der Waals surface area contributed by atoms with E-state index in [-0.39, 0.29) is 5.91 Å². The molecule has 0 spiro atoms. The van der Waals surface area contributed by atoms with Crippen LogP contribution < -0.4 is 23.7 Å². The smallest absolute Gasteiger partial charge is 0.246 e. The molecule has 0 radical (unpaired) electrons. The first kappa shape index (κ1) is 22.8. The summed E-state index contributed by atoms with van der Waals surface area (Å²) < 4.78 is 27.4. The zero-order valence-electron chi connectivity index (χ0n) is 19.3. The Morgan fingerprint density at radius 2 is 1.58 bits per heavy atom. The minimum Gasteiger partial charge on any atom is -0.493 e. The van der Waals surface area contributed by atoms with Crippen LogP contribution in [-0.2, 0) is 11.3 Å². The van der Waals surface area contributed by atoms with Crippen LogP contribution in [0.4, 0.5) is 0 Å². The van der Waals surface area contributed by atoms with Crippen molar-refractivity contribution >= 4 is 12.0 Å². The minimum atomic E-state index is -0.0114. The van der Waals surface area contributed by atoms with Gasteiger partial charge < -0.3 is 28.6 Å². The summed E-state index contributed by atoms with van der Waals surface area (Å²) in [5, 5.41) is 0. The van der Waals surface area contributed by atoms with Crippen LogP contribution in [0.3, 0.4) is 0 Å². The highest BCUT2D eigenvalue weighted by molar-refractivity contribution is 5.92. The predicted octanol–water partition coefficient (Wildman–Crippen LogP) is 2.84. The molecular formula is C25H30N2O6. The predicted molar refractivity (Wildman–Crippen MR) is 124 cm³/mol. The van der Waals surface area contributed by atoms with Gasteiger partial charge in [0.1, 0.15) is 13.2 Å². The lowest BCUT2D eigenvalue weighted by Gasteiger charge is -2.34. The van der Waals surface area contributed by atoms with Gasteiger partial charge in [0.25, 0.3) is 0 Å². The number of ether oxygens (including phenoxy) is 5. The van der Waals surface area contributed by atoms with Gasteiger partial charge in [-0.15, -0.1) is 0 Å². The van der Waals surface area contributed by atoms with E-state index in [9.17, 15) is 4.79 Å². The van der Waals surface area contributed by atoms with Crippen molar-refractivity contribution in [2.45, 2.75) is 6.54 Å². The molecule has 8 heteroatoms. The fourth-order valence-corrected chi connectivity index (χ4v) is 4.04. The first-order chi connectivity index (χ1) is 16.1. The van der Waals surface area contributed by atoms with Crippen LogP contribution in [0.2, 0.25) is 0 Å². The minimum absolute atomic E-state index is 0.0114. The summed E-state index contributed by atoms with van der Waals surface area (Å²) in [5.74, 6) is 3.23. The average molecular weight is 455 g/mol. The van der Waals surface area contributed by atoms with Gasteiger partial charge in [0, 0.05) is 38.8 Å². The highest BCUT2D eigenvalue weighted by Crippen LogP contribution is 2.38. The molecule has 0 bridgehead atoms. The summed E-state index contributed by atoms with van der Waals surface area (Å²) in [5.41, 5.74) is 1.98. The molecular weight excluding hydrogens is 424 g/mol. The summed E-state index contributed by atoms with van der Waals surface area (Å²) in [6, 6.07) is 9.72. The first-order valence-electron chi connectivity index (χ1n) is 11.0. The number of piperazine rings is 1. The van der Waals surface area contributed by atoms with Gasteiger partial charge in [-0.3, -0.25) is 9.69 Å². The number of hydrogen-bond donors (Lipinski definition) is 0. The average Bonchev–Trinajstić information content (AvgIpc) is 2.86. The molecule has 8 nitrogen and oxygen atoms in total. The highest BCUT2D eigenvalue weighted by Gasteiger charge is 2.21. The highest BCUT2D eigenvalue weighted by atomic mass is 16.6. The Labute approximate surface area is 194 Å². The van der Waals surface area contributed by atoms with E-state index in [2.05, 4.69) is 11.0 Å². The van der Waals surface area contributed by atoms with Crippen LogP contribution in [0.15, 0.2) is 36.4 Å². The topological polar surface area (TPSA) is 69.7 Å². The van der Waals surface area contributed by atoms with E-state index >= 15 is 0 Å². The zero-order chi connectivity index (χ0) is 23.2. The number of fused-ring (bicyclic) bond motifs is 1. The molecule has 1 amide bonds. The maximum absolute atomic E-state index is 12.7. The Hall–Kier alpha value is -3.39. The van der Waals surface area contributed by atoms with E-state index < -0.39 is 0 Å². The van der Waals surface area contributed by atoms with Gasteiger partial charge in [0.2, 0.25) is 11.7 Å². The van der Waals surface area contributed by atoms with E-state index in [4.69, 9.17) is 23.7 Å². The number of carbonyl (C=O) groups is 1. The summed E-state index contributed by atoms with van der Waals surface area (Å²) >= 11 is 0. The molecule has 0 N–H and O–H groups in total. The van der Waals surface area contributed by atoms with E-state index in [1.165, 1.54) is 5.56 Å². The van der Waals surface area contributed by atoms with Crippen LogP contribution >= 0.6 is 0 Å². The maximum atomic E-state index is 12.7. The standard InChI is InChI=1S/C25H30N2O6/c1-29-22-14-18(15-23(30-2)25(22)31-3)5-7-24(28)27-10-8-26(9-11-27)17-19-4-6-20-21(16-19)33-13-12-32-20/h4-7,14-16H,8-13,17H2,1-3H3/b7-5+. The van der Waals surface area contributed by atoms with E-state index in [0.29, 0.717) is 43.6 Å². The molecule has 4 rings (SSSR count). The van der Waals surface area contributed by atoms with Crippen LogP contribution in [-0.4, -0.2) is 76.4 Å². The Balaban J connectivity index is 1.33. The Kier molecular flexibility index (Phi) is 7.24. The van der Waals surface area contributed by atoms with Crippen molar-refractivity contribution in [2.24, 2.45) is 0 Å². The monoisotopic (exact) mass is 454 g/mol. The quantitative estimate of drug-likeness (QED) is 0.596. The van der Waals surface area contributed by atoms with Gasteiger partial charge in [-0.05, 0) is 41.5 Å². The second kappa shape index (κ2) is 10.5. The van der Waals surface area contributed by atoms with Crippen molar-refractivity contribution in [3.8, 4) is 28.7 Å². The normalized spacial score (nSPS) is 16.0. The van der Waals surface area contributed by atoms with Crippen LogP contribution in [0.25, 0.3) is 6.08 Å². The van der Waals surface area contributed by atoms with Crippen molar-refractivity contribution in [1.82, 2.24) is 9.80 Å². The maximum Gasteiger partial charge on any atom is 0.246 e. The third-order valence-corrected chi connectivity index (χ3v) is 5.80. The third kappa shape index (κ3) is 5.34. The first-order valence-corrected chi connectivity index (χ1v) is 11.0. The molecule has 176 valence electrons. The molecule has 0 aliphatic carbocycles. The number of benzene rings is 2. The number of carbonyl (C=O) groups excluding carboxylic acids is 1. The van der Waals surface area contributed by atoms with Crippen LogP contribution in [0.5, 0.6) is 28.7 Å². The molecule has 2 aliphatic rings. The lowest BCUT2D eigenvalue weighted by molar-refractivity contribution is -0.127. The van der Waals surface area contributed by atoms with E-state index in [0.717, 1.165) is 36.7 Å². The van der Waals surface area contributed by atoms with Crippen molar-refractivity contribution in [1.29, 1.82) is 0 Å². The second-order valence-electron chi connectivity index (χ2n) is 7.87. The molecule has 0 aromatic heterocycles. The Morgan fingerprint density at radius 3 is 2.21 bits per heavy atom. The van der Waals surface area contributed by atoms with E-state index in [1.807, 2.05) is 29.2 Å². The van der Waals surface area contributed by atoms with Gasteiger partial charge >= 0.3 is 0 Å². The third-order valence-electron chi connectivity index (χ3n) is 5.80. The molecule has 1 fully saturated rings. The lowest BCUT2D eigenvalue weighted by Crippen LogP contribution is -2.47. The van der Waals surface area contributed by atoms with Crippen molar-refractivity contribution < 1.29 is 28.5 Å². The number of nitrogens with zero attached hydrogens (tertiary/aromatic N) is 2. The zero-order valence-corrected chi connectivity index (χ0v) is 19.3.